The highest BCUT2D eigenvalue weighted by Gasteiger charge is 1.68. The van der Waals surface area contributed by atoms with Gasteiger partial charge in [-0.3, -0.25) is 0 Å². The van der Waals surface area contributed by atoms with Crippen LogP contribution in [0.15, 0.2) is 10.2 Å². The van der Waals surface area contributed by atoms with Crippen molar-refractivity contribution in [3.8, 4) is 0 Å². The Balaban J connectivity index is 3.07. The van der Waals surface area contributed by atoms with E-state index in [9.17, 15) is 0 Å². The minimum atomic E-state index is 1.03. The van der Waals surface area contributed by atoms with Gasteiger partial charge in [-0.25, -0.2) is 0 Å². The normalized spacial score (nSPS) is 11.8. The second kappa shape index (κ2) is 6.34. The highest BCUT2D eigenvalue weighted by molar-refractivity contribution is 5.59. The molecular formula is C6H12N2. The standard InChI is InChI=1S/C6H12N2/c1-3-5-6-8-7-4-2/h4,6H,3,5H2,1-2H3. The first kappa shape index (κ1) is 7.34. The molecule has 0 radical (unpaired) electrons. The van der Waals surface area contributed by atoms with Gasteiger partial charge in [-0.1, -0.05) is 13.3 Å². The van der Waals surface area contributed by atoms with E-state index in [1.165, 1.54) is 0 Å². The molecular weight excluding hydrogens is 100 g/mol. The zero-order valence-corrected chi connectivity index (χ0v) is 5.46. The summed E-state index contributed by atoms with van der Waals surface area (Å²) < 4.78 is 0. The molecule has 0 aliphatic carbocycles. The summed E-state index contributed by atoms with van der Waals surface area (Å²) in [5.41, 5.74) is 0. The van der Waals surface area contributed by atoms with Crippen molar-refractivity contribution in [3.05, 3.63) is 0 Å². The first-order valence-electron chi connectivity index (χ1n) is 2.91. The molecule has 0 amide bonds. The molecule has 0 aromatic rings. The minimum Gasteiger partial charge on any atom is -0.164 e. The summed E-state index contributed by atoms with van der Waals surface area (Å²) >= 11 is 0. The monoisotopic (exact) mass is 112 g/mol. The summed E-state index contributed by atoms with van der Waals surface area (Å²) in [6.07, 6.45) is 5.66. The van der Waals surface area contributed by atoms with Crippen molar-refractivity contribution < 1.29 is 0 Å². The van der Waals surface area contributed by atoms with Gasteiger partial charge >= 0.3 is 0 Å². The van der Waals surface area contributed by atoms with E-state index in [0.29, 0.717) is 0 Å². The van der Waals surface area contributed by atoms with Crippen molar-refractivity contribution in [1.29, 1.82) is 0 Å². The average molecular weight is 112 g/mol. The van der Waals surface area contributed by atoms with Gasteiger partial charge in [0, 0.05) is 12.4 Å². The van der Waals surface area contributed by atoms with Crippen LogP contribution in [-0.2, 0) is 0 Å². The van der Waals surface area contributed by atoms with E-state index in [1.54, 1.807) is 6.21 Å². The number of rotatable bonds is 3. The molecule has 0 unspecified atom stereocenters. The second-order valence-corrected chi connectivity index (χ2v) is 1.46. The first-order chi connectivity index (χ1) is 3.91. The fraction of sp³-hybridized carbons (Fsp3) is 0.667. The van der Waals surface area contributed by atoms with Crippen LogP contribution in [0.4, 0.5) is 0 Å². The van der Waals surface area contributed by atoms with Gasteiger partial charge in [-0.15, -0.1) is 0 Å². The molecule has 0 aromatic carbocycles. The Labute approximate surface area is 50.3 Å². The number of hydrogen-bond acceptors (Lipinski definition) is 2. The van der Waals surface area contributed by atoms with Crippen LogP contribution in [0.3, 0.4) is 0 Å². The van der Waals surface area contributed by atoms with Crippen molar-refractivity contribution in [2.75, 3.05) is 0 Å². The van der Waals surface area contributed by atoms with Gasteiger partial charge < -0.3 is 0 Å². The number of nitrogens with zero attached hydrogens (tertiary/aromatic N) is 2. The summed E-state index contributed by atoms with van der Waals surface area (Å²) in [5.74, 6) is 0. The average Bonchev–Trinajstić information content (AvgIpc) is 1.81. The fourth-order valence-corrected chi connectivity index (χ4v) is 0.301. The smallest absolute Gasteiger partial charge is 0.0270 e. The Morgan fingerprint density at radius 1 is 1.38 bits per heavy atom. The Morgan fingerprint density at radius 3 is 2.62 bits per heavy atom. The van der Waals surface area contributed by atoms with E-state index < -0.39 is 0 Å². The molecule has 0 bridgehead atoms. The zero-order valence-electron chi connectivity index (χ0n) is 5.46. The van der Waals surface area contributed by atoms with Crippen molar-refractivity contribution in [3.63, 3.8) is 0 Å². The van der Waals surface area contributed by atoms with Crippen LogP contribution in [0.1, 0.15) is 26.7 Å². The van der Waals surface area contributed by atoms with Crippen LogP contribution >= 0.6 is 0 Å². The van der Waals surface area contributed by atoms with Crippen LogP contribution in [0.25, 0.3) is 0 Å². The van der Waals surface area contributed by atoms with Gasteiger partial charge in [0.05, 0.1) is 0 Å². The quantitative estimate of drug-likeness (QED) is 0.393. The molecule has 0 N–H and O–H groups in total. The van der Waals surface area contributed by atoms with E-state index in [1.807, 2.05) is 13.1 Å². The molecule has 0 aliphatic rings. The molecule has 0 saturated carbocycles. The van der Waals surface area contributed by atoms with Gasteiger partial charge in [0.15, 0.2) is 0 Å². The molecule has 0 fully saturated rings. The zero-order chi connectivity index (χ0) is 6.24. The Hall–Kier alpha value is -0.660. The molecule has 0 aromatic heterocycles. The molecule has 2 heteroatoms. The molecule has 0 heterocycles. The van der Waals surface area contributed by atoms with Crippen LogP contribution in [0.2, 0.25) is 0 Å². The van der Waals surface area contributed by atoms with Crippen LogP contribution in [0.5, 0.6) is 0 Å². The van der Waals surface area contributed by atoms with E-state index >= 15 is 0 Å². The third-order valence-corrected chi connectivity index (χ3v) is 0.682. The maximum absolute atomic E-state index is 3.72. The highest BCUT2D eigenvalue weighted by atomic mass is 15.2. The lowest BCUT2D eigenvalue weighted by atomic mass is 10.4. The van der Waals surface area contributed by atoms with Crippen LogP contribution in [-0.4, -0.2) is 12.4 Å². The first-order valence-corrected chi connectivity index (χ1v) is 2.91. The van der Waals surface area contributed by atoms with Crippen molar-refractivity contribution >= 4 is 12.4 Å². The minimum absolute atomic E-state index is 1.03. The lowest BCUT2D eigenvalue weighted by Gasteiger charge is -1.77. The summed E-state index contributed by atoms with van der Waals surface area (Å²) in [7, 11) is 0. The van der Waals surface area contributed by atoms with Crippen molar-refractivity contribution in [2.45, 2.75) is 26.7 Å². The van der Waals surface area contributed by atoms with Crippen LogP contribution in [0, 0.1) is 0 Å². The Kier molecular flexibility index (Phi) is 5.82. The second-order valence-electron chi connectivity index (χ2n) is 1.46. The molecule has 0 saturated heterocycles. The van der Waals surface area contributed by atoms with Gasteiger partial charge in [-0.05, 0) is 13.3 Å². The molecule has 46 valence electrons. The van der Waals surface area contributed by atoms with Gasteiger partial charge in [0.1, 0.15) is 0 Å². The Bertz CT molecular complexity index is 84.5. The molecule has 2 nitrogen and oxygen atoms in total. The van der Waals surface area contributed by atoms with E-state index in [4.69, 9.17) is 0 Å². The third-order valence-electron chi connectivity index (χ3n) is 0.682. The lowest BCUT2D eigenvalue weighted by molar-refractivity contribution is 1.00. The van der Waals surface area contributed by atoms with Gasteiger partial charge in [-0.2, -0.15) is 10.2 Å². The fourth-order valence-electron chi connectivity index (χ4n) is 0.301. The third kappa shape index (κ3) is 5.34. The van der Waals surface area contributed by atoms with E-state index in [0.717, 1.165) is 12.8 Å². The van der Waals surface area contributed by atoms with Crippen LogP contribution < -0.4 is 0 Å². The van der Waals surface area contributed by atoms with E-state index in [-0.39, 0.29) is 0 Å². The van der Waals surface area contributed by atoms with E-state index in [2.05, 4.69) is 17.1 Å². The molecule has 0 rings (SSSR count). The maximum atomic E-state index is 3.72. The predicted molar refractivity (Wildman–Crippen MR) is 37.6 cm³/mol. The summed E-state index contributed by atoms with van der Waals surface area (Å²) in [6, 6.07) is 0. The lowest BCUT2D eigenvalue weighted by Crippen LogP contribution is -1.69. The molecule has 0 spiro atoms. The largest absolute Gasteiger partial charge is 0.164 e. The maximum Gasteiger partial charge on any atom is 0.0270 e. The Morgan fingerprint density at radius 2 is 2.12 bits per heavy atom. The SMILES string of the molecule is CC=NN=CCCC. The number of unbranched alkanes of at least 4 members (excludes halogenated alkanes) is 1. The molecule has 0 atom stereocenters. The summed E-state index contributed by atoms with van der Waals surface area (Å²) in [4.78, 5) is 0. The van der Waals surface area contributed by atoms with Gasteiger partial charge in [0.25, 0.3) is 0 Å². The van der Waals surface area contributed by atoms with Gasteiger partial charge in [0.2, 0.25) is 0 Å². The van der Waals surface area contributed by atoms with Crippen molar-refractivity contribution in [2.24, 2.45) is 10.2 Å². The summed E-state index contributed by atoms with van der Waals surface area (Å²) in [6.45, 7) is 3.96. The number of hydrogen-bond donors (Lipinski definition) is 0. The predicted octanol–water partition coefficient (Wildman–Crippen LogP) is 1.86. The summed E-state index contributed by atoms with van der Waals surface area (Å²) in [5, 5.41) is 7.38. The molecule has 8 heavy (non-hydrogen) atoms. The van der Waals surface area contributed by atoms with Crippen molar-refractivity contribution in [1.82, 2.24) is 0 Å². The molecule has 0 aliphatic heterocycles. The highest BCUT2D eigenvalue weighted by Crippen LogP contribution is 1.79. The topological polar surface area (TPSA) is 24.7 Å².